The quantitative estimate of drug-likeness (QED) is 0.0860. The highest BCUT2D eigenvalue weighted by molar-refractivity contribution is 5.93. The van der Waals surface area contributed by atoms with Crippen LogP contribution in [0.5, 0.6) is 0 Å². The van der Waals surface area contributed by atoms with E-state index < -0.39 is 6.29 Å². The molecule has 3 heterocycles. The van der Waals surface area contributed by atoms with Gasteiger partial charge in [-0.15, -0.1) is 0 Å². The first-order valence-corrected chi connectivity index (χ1v) is 18.7. The van der Waals surface area contributed by atoms with Crippen LogP contribution in [0.25, 0.3) is 0 Å². The number of aliphatic hydroxyl groups is 1. The minimum Gasteiger partial charge on any atom is -0.397 e. The number of nitrogen functional groups attached to an aromatic ring is 1. The van der Waals surface area contributed by atoms with E-state index in [0.29, 0.717) is 30.8 Å². The zero-order chi connectivity index (χ0) is 36.8. The fraction of sp³-hybridized carbons (Fsp3) is 0.415. The minimum atomic E-state index is -0.540. The van der Waals surface area contributed by atoms with E-state index in [1.165, 1.54) is 0 Å². The van der Waals surface area contributed by atoms with E-state index in [0.717, 1.165) is 93.0 Å². The molecule has 2 saturated heterocycles. The molecule has 5 N–H and O–H groups in total. The van der Waals surface area contributed by atoms with Crippen molar-refractivity contribution in [2.75, 3.05) is 48.7 Å². The van der Waals surface area contributed by atoms with E-state index in [1.54, 1.807) is 24.5 Å². The number of unbranched alkanes of at least 4 members (excludes halogenated alkanes) is 3. The summed E-state index contributed by atoms with van der Waals surface area (Å²) in [6, 6.07) is 25.1. The SMILES string of the molecule is Nc1ccccc1NC(=O)CCCCCCC(=O)NCc1ccc(C2OC(CN3CCN(c4ncccn4)CC3)CC(c3ccc(CO)cc3)O2)cc1. The van der Waals surface area contributed by atoms with Crippen molar-refractivity contribution in [3.05, 3.63) is 114 Å². The molecule has 2 aliphatic heterocycles. The molecule has 0 radical (unpaired) electrons. The Bertz CT molecular complexity index is 1730. The predicted octanol–water partition coefficient (Wildman–Crippen LogP) is 5.51. The average molecular weight is 722 g/mol. The normalized spacial score (nSPS) is 19.1. The first kappa shape index (κ1) is 37.9. The summed E-state index contributed by atoms with van der Waals surface area (Å²) in [4.78, 5) is 38.2. The third-order valence-electron chi connectivity index (χ3n) is 9.82. The smallest absolute Gasteiger partial charge is 0.225 e. The Hall–Kier alpha value is -4.88. The maximum Gasteiger partial charge on any atom is 0.225 e. The number of rotatable bonds is 16. The van der Waals surface area contributed by atoms with Crippen molar-refractivity contribution in [3.8, 4) is 0 Å². The number of piperazine rings is 1. The summed E-state index contributed by atoms with van der Waals surface area (Å²) >= 11 is 0. The Morgan fingerprint density at radius 2 is 1.43 bits per heavy atom. The Kier molecular flexibility index (Phi) is 13.8. The molecule has 12 heteroatoms. The van der Waals surface area contributed by atoms with Gasteiger partial charge in [-0.25, -0.2) is 9.97 Å². The first-order valence-electron chi connectivity index (χ1n) is 18.7. The Balaban J connectivity index is 0.950. The maximum atomic E-state index is 12.6. The third-order valence-corrected chi connectivity index (χ3v) is 9.82. The summed E-state index contributed by atoms with van der Waals surface area (Å²) in [6.07, 6.45) is 7.73. The lowest BCUT2D eigenvalue weighted by Crippen LogP contribution is -2.50. The number of amides is 2. The monoisotopic (exact) mass is 721 g/mol. The standard InChI is InChI=1S/C41H51N7O5/c42-35-8-5-6-9-36(35)46-39(51)11-4-2-1-3-10-38(50)45-27-30-12-18-33(19-13-30)40-52-34(26-37(53-40)32-16-14-31(29-49)15-17-32)28-47-22-24-48(25-23-47)41-43-20-7-21-44-41/h5-9,12-21,34,37,40,49H,1-4,10-11,22-29,42H2,(H,45,50)(H,46,51). The fourth-order valence-corrected chi connectivity index (χ4v) is 6.74. The van der Waals surface area contributed by atoms with Crippen LogP contribution in [0.2, 0.25) is 0 Å². The van der Waals surface area contributed by atoms with Crippen LogP contribution in [0.3, 0.4) is 0 Å². The number of para-hydroxylation sites is 2. The van der Waals surface area contributed by atoms with Crippen molar-refractivity contribution in [2.45, 2.75) is 76.6 Å². The molecule has 3 unspecified atom stereocenters. The molecule has 2 aliphatic rings. The number of hydrogen-bond acceptors (Lipinski definition) is 10. The number of nitrogens with zero attached hydrogens (tertiary/aromatic N) is 4. The number of nitrogens with one attached hydrogen (secondary N) is 2. The van der Waals surface area contributed by atoms with Crippen LogP contribution in [0.15, 0.2) is 91.3 Å². The van der Waals surface area contributed by atoms with E-state index >= 15 is 0 Å². The van der Waals surface area contributed by atoms with Gasteiger partial charge >= 0.3 is 0 Å². The van der Waals surface area contributed by atoms with E-state index in [2.05, 4.69) is 30.4 Å². The van der Waals surface area contributed by atoms with Gasteiger partial charge < -0.3 is 35.8 Å². The maximum absolute atomic E-state index is 12.6. The van der Waals surface area contributed by atoms with Crippen LogP contribution in [0, 0.1) is 0 Å². The number of carbonyl (C=O) groups is 2. The van der Waals surface area contributed by atoms with Gasteiger partial charge in [-0.3, -0.25) is 14.5 Å². The second kappa shape index (κ2) is 19.3. The van der Waals surface area contributed by atoms with Crippen LogP contribution in [-0.2, 0) is 32.2 Å². The van der Waals surface area contributed by atoms with Gasteiger partial charge in [0.05, 0.1) is 30.2 Å². The minimum absolute atomic E-state index is 0.000949. The zero-order valence-corrected chi connectivity index (χ0v) is 30.2. The van der Waals surface area contributed by atoms with Gasteiger partial charge in [0.15, 0.2) is 6.29 Å². The first-order chi connectivity index (χ1) is 25.9. The zero-order valence-electron chi connectivity index (χ0n) is 30.2. The highest BCUT2D eigenvalue weighted by Gasteiger charge is 2.34. The van der Waals surface area contributed by atoms with Crippen LogP contribution >= 0.6 is 0 Å². The highest BCUT2D eigenvalue weighted by atomic mass is 16.7. The van der Waals surface area contributed by atoms with Crippen LogP contribution in [-0.4, -0.2) is 70.6 Å². The van der Waals surface area contributed by atoms with E-state index in [4.69, 9.17) is 15.2 Å². The van der Waals surface area contributed by atoms with Gasteiger partial charge in [-0.2, -0.15) is 0 Å². The molecule has 3 aromatic carbocycles. The van der Waals surface area contributed by atoms with Gasteiger partial charge in [0.1, 0.15) is 0 Å². The molecule has 53 heavy (non-hydrogen) atoms. The number of hydrogen-bond donors (Lipinski definition) is 4. The summed E-state index contributed by atoms with van der Waals surface area (Å²) < 4.78 is 13.2. The van der Waals surface area contributed by atoms with Crippen molar-refractivity contribution >= 4 is 29.1 Å². The molecule has 0 bridgehead atoms. The van der Waals surface area contributed by atoms with Gasteiger partial charge in [0, 0.05) is 76.5 Å². The fourth-order valence-electron chi connectivity index (χ4n) is 6.74. The Labute approximate surface area is 311 Å². The lowest BCUT2D eigenvalue weighted by molar-refractivity contribution is -0.253. The predicted molar refractivity (Wildman–Crippen MR) is 205 cm³/mol. The van der Waals surface area contributed by atoms with E-state index in [9.17, 15) is 14.7 Å². The Morgan fingerprint density at radius 1 is 0.774 bits per heavy atom. The van der Waals surface area contributed by atoms with Crippen LogP contribution in [0.4, 0.5) is 17.3 Å². The molecule has 0 aliphatic carbocycles. The summed E-state index contributed by atoms with van der Waals surface area (Å²) in [5, 5.41) is 15.4. The molecule has 0 spiro atoms. The number of ether oxygens (including phenoxy) is 2. The molecular formula is C41H51N7O5. The summed E-state index contributed by atoms with van der Waals surface area (Å²) in [7, 11) is 0. The van der Waals surface area contributed by atoms with Gasteiger partial charge in [-0.05, 0) is 47.7 Å². The molecule has 12 nitrogen and oxygen atoms in total. The highest BCUT2D eigenvalue weighted by Crippen LogP contribution is 2.38. The molecule has 4 aromatic rings. The number of anilines is 3. The van der Waals surface area contributed by atoms with Crippen molar-refractivity contribution < 1.29 is 24.2 Å². The van der Waals surface area contributed by atoms with Gasteiger partial charge in [-0.1, -0.05) is 73.5 Å². The van der Waals surface area contributed by atoms with E-state index in [1.807, 2.05) is 66.7 Å². The van der Waals surface area contributed by atoms with Crippen molar-refractivity contribution in [2.24, 2.45) is 0 Å². The molecule has 2 fully saturated rings. The molecule has 3 atom stereocenters. The van der Waals surface area contributed by atoms with Gasteiger partial charge in [0.25, 0.3) is 0 Å². The molecule has 2 amide bonds. The van der Waals surface area contributed by atoms with Crippen molar-refractivity contribution in [1.82, 2.24) is 20.2 Å². The van der Waals surface area contributed by atoms with Crippen LogP contribution in [0.1, 0.15) is 79.6 Å². The average Bonchev–Trinajstić information content (AvgIpc) is 3.20. The van der Waals surface area contributed by atoms with Crippen molar-refractivity contribution in [1.29, 1.82) is 0 Å². The summed E-state index contributed by atoms with van der Waals surface area (Å²) in [6.45, 7) is 4.73. The summed E-state index contributed by atoms with van der Waals surface area (Å²) in [5.41, 5.74) is 10.9. The lowest BCUT2D eigenvalue weighted by Gasteiger charge is -2.40. The van der Waals surface area contributed by atoms with Gasteiger partial charge in [0.2, 0.25) is 17.8 Å². The largest absolute Gasteiger partial charge is 0.397 e. The molecule has 0 saturated carbocycles. The Morgan fingerprint density at radius 3 is 2.13 bits per heavy atom. The second-order valence-corrected chi connectivity index (χ2v) is 13.8. The number of carbonyl (C=O) groups excluding carboxylic acids is 2. The second-order valence-electron chi connectivity index (χ2n) is 13.8. The number of nitrogens with two attached hydrogens (primary N) is 1. The van der Waals surface area contributed by atoms with E-state index in [-0.39, 0.29) is 30.6 Å². The lowest BCUT2D eigenvalue weighted by atomic mass is 9.99. The number of benzene rings is 3. The topological polar surface area (TPSA) is 155 Å². The summed E-state index contributed by atoms with van der Waals surface area (Å²) in [5.74, 6) is 0.733. The van der Waals surface area contributed by atoms with Crippen LogP contribution < -0.4 is 21.3 Å². The van der Waals surface area contributed by atoms with Crippen molar-refractivity contribution in [3.63, 3.8) is 0 Å². The molecular weight excluding hydrogens is 670 g/mol. The number of aliphatic hydroxyl groups excluding tert-OH is 1. The number of aromatic nitrogens is 2. The molecule has 280 valence electrons. The molecule has 6 rings (SSSR count). The molecule has 1 aromatic heterocycles. The third kappa shape index (κ3) is 11.3.